The van der Waals surface area contributed by atoms with Crippen molar-refractivity contribution in [3.63, 3.8) is 0 Å². The zero-order valence-electron chi connectivity index (χ0n) is 9.51. The highest BCUT2D eigenvalue weighted by Crippen LogP contribution is 2.36. The van der Waals surface area contributed by atoms with Crippen LogP contribution >= 0.6 is 0 Å². The summed E-state index contributed by atoms with van der Waals surface area (Å²) in [5, 5.41) is 0. The Kier molecular flexibility index (Phi) is 2.98. The maximum atomic E-state index is 12.8. The Balaban J connectivity index is 2.68. The summed E-state index contributed by atoms with van der Waals surface area (Å²) < 4.78 is 38.5. The predicted molar refractivity (Wildman–Crippen MR) is 62.2 cm³/mol. The molecule has 94 valence electrons. The van der Waals surface area contributed by atoms with E-state index in [1.165, 1.54) is 24.3 Å². The van der Waals surface area contributed by atoms with Crippen LogP contribution in [-0.4, -0.2) is 4.98 Å². The summed E-state index contributed by atoms with van der Waals surface area (Å²) in [5.41, 5.74) is -0.352. The first-order valence-corrected chi connectivity index (χ1v) is 5.25. The first kappa shape index (κ1) is 12.4. The summed E-state index contributed by atoms with van der Waals surface area (Å²) in [5.74, 6) is 0. The van der Waals surface area contributed by atoms with Crippen molar-refractivity contribution >= 4 is 0 Å². The number of rotatable bonds is 1. The van der Waals surface area contributed by atoms with E-state index in [1.54, 1.807) is 6.92 Å². The zero-order valence-corrected chi connectivity index (χ0v) is 9.51. The van der Waals surface area contributed by atoms with Gasteiger partial charge in [-0.25, -0.2) is 0 Å². The first-order valence-electron chi connectivity index (χ1n) is 5.25. The van der Waals surface area contributed by atoms with Crippen LogP contribution in [0.15, 0.2) is 41.2 Å². The lowest BCUT2D eigenvalue weighted by molar-refractivity contribution is -0.137. The smallest absolute Gasteiger partial charge is 0.326 e. The monoisotopic (exact) mass is 253 g/mol. The van der Waals surface area contributed by atoms with E-state index in [2.05, 4.69) is 4.98 Å². The van der Waals surface area contributed by atoms with Crippen molar-refractivity contribution in [3.05, 3.63) is 58.0 Å². The summed E-state index contributed by atoms with van der Waals surface area (Å²) in [6.45, 7) is 1.63. The Hall–Kier alpha value is -2.04. The molecule has 0 spiro atoms. The number of H-pyrrole nitrogens is 1. The Bertz CT molecular complexity index is 629. The van der Waals surface area contributed by atoms with Gasteiger partial charge in [0.2, 0.25) is 5.56 Å². The molecule has 0 unspecified atom stereocenters. The number of nitrogens with one attached hydrogen (secondary N) is 1. The molecule has 0 aliphatic rings. The minimum absolute atomic E-state index is 0.0131. The van der Waals surface area contributed by atoms with Gasteiger partial charge in [-0.05, 0) is 30.2 Å². The van der Waals surface area contributed by atoms with Gasteiger partial charge >= 0.3 is 6.18 Å². The van der Waals surface area contributed by atoms with E-state index in [4.69, 9.17) is 0 Å². The number of aromatic nitrogens is 1. The van der Waals surface area contributed by atoms with E-state index in [0.717, 1.165) is 12.1 Å². The molecule has 0 amide bonds. The molecule has 0 saturated carbocycles. The van der Waals surface area contributed by atoms with Gasteiger partial charge < -0.3 is 4.98 Å². The van der Waals surface area contributed by atoms with Crippen molar-refractivity contribution in [2.24, 2.45) is 0 Å². The number of aryl methyl sites for hydroxylation is 1. The molecule has 1 heterocycles. The predicted octanol–water partition coefficient (Wildman–Crippen LogP) is 3.37. The minimum Gasteiger partial charge on any atom is -0.326 e. The normalized spacial score (nSPS) is 11.6. The average Bonchev–Trinajstić information content (AvgIpc) is 2.26. The van der Waals surface area contributed by atoms with E-state index < -0.39 is 17.3 Å². The number of alkyl halides is 3. The van der Waals surface area contributed by atoms with E-state index >= 15 is 0 Å². The standard InChI is InChI=1S/C13H10F3NO/c1-8-6-9(7-12(18)17-8)10-4-2-3-5-11(10)13(14,15)16/h2-7H,1H3,(H,17,18). The molecule has 2 nitrogen and oxygen atoms in total. The second-order valence-electron chi connectivity index (χ2n) is 3.96. The molecule has 0 atom stereocenters. The fourth-order valence-electron chi connectivity index (χ4n) is 1.82. The van der Waals surface area contributed by atoms with Gasteiger partial charge in [0.1, 0.15) is 0 Å². The van der Waals surface area contributed by atoms with Crippen LogP contribution in [0.25, 0.3) is 11.1 Å². The molecule has 1 N–H and O–H groups in total. The molecule has 1 aromatic heterocycles. The maximum absolute atomic E-state index is 12.8. The molecule has 0 aliphatic carbocycles. The van der Waals surface area contributed by atoms with Gasteiger partial charge in [0, 0.05) is 11.8 Å². The molecule has 18 heavy (non-hydrogen) atoms. The molecule has 0 radical (unpaired) electrons. The fourth-order valence-corrected chi connectivity index (χ4v) is 1.82. The highest BCUT2D eigenvalue weighted by molar-refractivity contribution is 5.68. The lowest BCUT2D eigenvalue weighted by Crippen LogP contribution is -2.09. The molecule has 0 saturated heterocycles. The molecule has 0 fully saturated rings. The summed E-state index contributed by atoms with van der Waals surface area (Å²) in [4.78, 5) is 13.8. The van der Waals surface area contributed by atoms with E-state index in [-0.39, 0.29) is 11.1 Å². The van der Waals surface area contributed by atoms with Crippen LogP contribution in [-0.2, 0) is 6.18 Å². The first-order chi connectivity index (χ1) is 8.38. The quantitative estimate of drug-likeness (QED) is 0.830. The second kappa shape index (κ2) is 4.33. The number of pyridine rings is 1. The van der Waals surface area contributed by atoms with E-state index in [0.29, 0.717) is 5.69 Å². The molecule has 2 aromatic rings. The second-order valence-corrected chi connectivity index (χ2v) is 3.96. The lowest BCUT2D eigenvalue weighted by Gasteiger charge is -2.12. The Morgan fingerprint density at radius 3 is 2.39 bits per heavy atom. The number of aromatic amines is 1. The van der Waals surface area contributed by atoms with Crippen molar-refractivity contribution in [3.8, 4) is 11.1 Å². The van der Waals surface area contributed by atoms with Crippen molar-refractivity contribution in [2.75, 3.05) is 0 Å². The number of benzene rings is 1. The van der Waals surface area contributed by atoms with Crippen LogP contribution in [0.2, 0.25) is 0 Å². The van der Waals surface area contributed by atoms with Crippen molar-refractivity contribution in [1.29, 1.82) is 0 Å². The highest BCUT2D eigenvalue weighted by Gasteiger charge is 2.33. The van der Waals surface area contributed by atoms with Crippen LogP contribution in [0.4, 0.5) is 13.2 Å². The summed E-state index contributed by atoms with van der Waals surface area (Å²) in [7, 11) is 0. The zero-order chi connectivity index (χ0) is 13.3. The van der Waals surface area contributed by atoms with E-state index in [1.807, 2.05) is 0 Å². The Morgan fingerprint density at radius 2 is 1.78 bits per heavy atom. The van der Waals surface area contributed by atoms with Crippen LogP contribution in [0, 0.1) is 6.92 Å². The number of hydrogen-bond acceptors (Lipinski definition) is 1. The van der Waals surface area contributed by atoms with Gasteiger partial charge in [0.15, 0.2) is 0 Å². The summed E-state index contributed by atoms with van der Waals surface area (Å²) in [6.07, 6.45) is -4.44. The van der Waals surface area contributed by atoms with Gasteiger partial charge in [-0.3, -0.25) is 4.79 Å². The van der Waals surface area contributed by atoms with Crippen molar-refractivity contribution in [2.45, 2.75) is 13.1 Å². The number of halogens is 3. The minimum atomic E-state index is -4.44. The van der Waals surface area contributed by atoms with Crippen LogP contribution in [0.1, 0.15) is 11.3 Å². The highest BCUT2D eigenvalue weighted by atomic mass is 19.4. The maximum Gasteiger partial charge on any atom is 0.417 e. The summed E-state index contributed by atoms with van der Waals surface area (Å²) in [6, 6.07) is 7.89. The van der Waals surface area contributed by atoms with E-state index in [9.17, 15) is 18.0 Å². The van der Waals surface area contributed by atoms with Gasteiger partial charge in [-0.1, -0.05) is 18.2 Å². The van der Waals surface area contributed by atoms with Gasteiger partial charge in [-0.15, -0.1) is 0 Å². The molecule has 2 rings (SSSR count). The Labute approximate surface area is 101 Å². The van der Waals surface area contributed by atoms with Crippen molar-refractivity contribution < 1.29 is 13.2 Å². The SMILES string of the molecule is Cc1cc(-c2ccccc2C(F)(F)F)cc(=O)[nH]1. The fraction of sp³-hybridized carbons (Fsp3) is 0.154. The van der Waals surface area contributed by atoms with Gasteiger partial charge in [-0.2, -0.15) is 13.2 Å². The topological polar surface area (TPSA) is 32.9 Å². The molecule has 0 bridgehead atoms. The van der Waals surface area contributed by atoms with Gasteiger partial charge in [0.05, 0.1) is 5.56 Å². The molecule has 1 aromatic carbocycles. The average molecular weight is 253 g/mol. The van der Waals surface area contributed by atoms with Crippen LogP contribution in [0.5, 0.6) is 0 Å². The van der Waals surface area contributed by atoms with Gasteiger partial charge in [0.25, 0.3) is 0 Å². The largest absolute Gasteiger partial charge is 0.417 e. The Morgan fingerprint density at radius 1 is 1.11 bits per heavy atom. The summed E-state index contributed by atoms with van der Waals surface area (Å²) >= 11 is 0. The van der Waals surface area contributed by atoms with Crippen LogP contribution in [0.3, 0.4) is 0 Å². The molecular weight excluding hydrogens is 243 g/mol. The third-order valence-electron chi connectivity index (χ3n) is 2.52. The molecule has 0 aliphatic heterocycles. The van der Waals surface area contributed by atoms with Crippen molar-refractivity contribution in [1.82, 2.24) is 4.98 Å². The third-order valence-corrected chi connectivity index (χ3v) is 2.52. The molecular formula is C13H10F3NO. The van der Waals surface area contributed by atoms with Crippen LogP contribution < -0.4 is 5.56 Å². The number of hydrogen-bond donors (Lipinski definition) is 1. The third kappa shape index (κ3) is 2.45. The molecule has 5 heteroatoms. The lowest BCUT2D eigenvalue weighted by atomic mass is 10.00.